The lowest BCUT2D eigenvalue weighted by molar-refractivity contribution is -0.170. The molecule has 6 nitrogen and oxygen atoms in total. The highest BCUT2D eigenvalue weighted by Crippen LogP contribution is 2.16. The number of hydroxylamine groups is 1. The molecular formula is C13H23NO5. The van der Waals surface area contributed by atoms with Crippen LogP contribution in [0.1, 0.15) is 41.0 Å². The molecule has 0 bridgehead atoms. The SMILES string of the molecule is COC(=O)C(CC(C)C)C(=O)NOC(=O)C(C)(C)C. The molecule has 0 aliphatic rings. The molecule has 0 heterocycles. The summed E-state index contributed by atoms with van der Waals surface area (Å²) < 4.78 is 4.57. The van der Waals surface area contributed by atoms with E-state index >= 15 is 0 Å². The average molecular weight is 273 g/mol. The topological polar surface area (TPSA) is 81.7 Å². The quantitative estimate of drug-likeness (QED) is 0.476. The summed E-state index contributed by atoms with van der Waals surface area (Å²) in [5.41, 5.74) is 1.29. The van der Waals surface area contributed by atoms with Crippen molar-refractivity contribution in [3.63, 3.8) is 0 Å². The second-order valence-electron chi connectivity index (χ2n) is 5.81. The van der Waals surface area contributed by atoms with Gasteiger partial charge >= 0.3 is 11.9 Å². The minimum atomic E-state index is -0.974. The molecule has 110 valence electrons. The van der Waals surface area contributed by atoms with Crippen molar-refractivity contribution in [1.29, 1.82) is 0 Å². The van der Waals surface area contributed by atoms with Gasteiger partial charge in [0.2, 0.25) is 0 Å². The van der Waals surface area contributed by atoms with Gasteiger partial charge in [-0.05, 0) is 33.1 Å². The van der Waals surface area contributed by atoms with Crippen LogP contribution in [-0.2, 0) is 24.0 Å². The van der Waals surface area contributed by atoms with E-state index in [1.54, 1.807) is 20.8 Å². The predicted molar refractivity (Wildman–Crippen MR) is 68.7 cm³/mol. The number of rotatable bonds is 4. The molecule has 0 saturated carbocycles. The number of hydrogen-bond acceptors (Lipinski definition) is 5. The van der Waals surface area contributed by atoms with Crippen molar-refractivity contribution >= 4 is 17.8 Å². The Bertz CT molecular complexity index is 343. The Hall–Kier alpha value is -1.59. The zero-order valence-corrected chi connectivity index (χ0v) is 12.4. The highest BCUT2D eigenvalue weighted by molar-refractivity contribution is 5.97. The molecule has 1 unspecified atom stereocenters. The minimum absolute atomic E-state index is 0.133. The van der Waals surface area contributed by atoms with Crippen molar-refractivity contribution in [2.75, 3.05) is 7.11 Å². The van der Waals surface area contributed by atoms with Crippen LogP contribution < -0.4 is 5.48 Å². The van der Waals surface area contributed by atoms with E-state index in [9.17, 15) is 14.4 Å². The molecule has 0 aromatic heterocycles. The molecule has 19 heavy (non-hydrogen) atoms. The van der Waals surface area contributed by atoms with Crippen LogP contribution in [0, 0.1) is 17.3 Å². The van der Waals surface area contributed by atoms with Crippen molar-refractivity contribution in [3.8, 4) is 0 Å². The van der Waals surface area contributed by atoms with E-state index in [2.05, 4.69) is 9.57 Å². The molecule has 0 aromatic carbocycles. The fourth-order valence-corrected chi connectivity index (χ4v) is 1.24. The normalized spacial score (nSPS) is 12.8. The third kappa shape index (κ3) is 6.22. The van der Waals surface area contributed by atoms with Crippen LogP contribution in [0.25, 0.3) is 0 Å². The number of amides is 1. The second kappa shape index (κ2) is 7.11. The van der Waals surface area contributed by atoms with Crippen molar-refractivity contribution in [3.05, 3.63) is 0 Å². The molecule has 0 radical (unpaired) electrons. The van der Waals surface area contributed by atoms with Gasteiger partial charge in [-0.2, -0.15) is 5.48 Å². The number of hydrogen-bond donors (Lipinski definition) is 1. The maximum absolute atomic E-state index is 11.8. The maximum atomic E-state index is 11.8. The molecule has 1 amide bonds. The number of nitrogens with one attached hydrogen (secondary N) is 1. The fraction of sp³-hybridized carbons (Fsp3) is 0.769. The molecule has 0 spiro atoms. The van der Waals surface area contributed by atoms with Crippen molar-refractivity contribution in [2.24, 2.45) is 17.3 Å². The minimum Gasteiger partial charge on any atom is -0.468 e. The zero-order chi connectivity index (χ0) is 15.2. The lowest BCUT2D eigenvalue weighted by atomic mass is 9.96. The van der Waals surface area contributed by atoms with Gasteiger partial charge in [-0.15, -0.1) is 0 Å². The molecule has 0 saturated heterocycles. The van der Waals surface area contributed by atoms with E-state index in [4.69, 9.17) is 0 Å². The van der Waals surface area contributed by atoms with Gasteiger partial charge in [0, 0.05) is 0 Å². The van der Waals surface area contributed by atoms with E-state index in [1.807, 2.05) is 19.3 Å². The first-order valence-corrected chi connectivity index (χ1v) is 6.18. The summed E-state index contributed by atoms with van der Waals surface area (Å²) in [6.45, 7) is 8.74. The van der Waals surface area contributed by atoms with Crippen molar-refractivity contribution in [2.45, 2.75) is 41.0 Å². The smallest absolute Gasteiger partial charge is 0.337 e. The molecule has 1 atom stereocenters. The third-order valence-electron chi connectivity index (χ3n) is 2.37. The summed E-state index contributed by atoms with van der Waals surface area (Å²) in [5.74, 6) is -2.73. The highest BCUT2D eigenvalue weighted by atomic mass is 16.7. The lowest BCUT2D eigenvalue weighted by Gasteiger charge is -2.19. The molecule has 0 aromatic rings. The van der Waals surface area contributed by atoms with Crippen LogP contribution in [0.2, 0.25) is 0 Å². The zero-order valence-electron chi connectivity index (χ0n) is 12.4. The van der Waals surface area contributed by atoms with Crippen LogP contribution >= 0.6 is 0 Å². The van der Waals surface area contributed by atoms with E-state index in [0.29, 0.717) is 6.42 Å². The Morgan fingerprint density at radius 1 is 1.16 bits per heavy atom. The monoisotopic (exact) mass is 273 g/mol. The summed E-state index contributed by atoms with van der Waals surface area (Å²) in [6.07, 6.45) is 0.325. The summed E-state index contributed by atoms with van der Waals surface area (Å²) >= 11 is 0. The number of carbonyl (C=O) groups excluding carboxylic acids is 3. The Morgan fingerprint density at radius 2 is 1.68 bits per heavy atom. The van der Waals surface area contributed by atoms with Crippen LogP contribution in [0.4, 0.5) is 0 Å². The number of ether oxygens (including phenoxy) is 1. The van der Waals surface area contributed by atoms with Gasteiger partial charge in [0.05, 0.1) is 12.5 Å². The lowest BCUT2D eigenvalue weighted by Crippen LogP contribution is -2.40. The van der Waals surface area contributed by atoms with Crippen LogP contribution in [0.15, 0.2) is 0 Å². The van der Waals surface area contributed by atoms with Crippen LogP contribution in [0.3, 0.4) is 0 Å². The molecule has 0 rings (SSSR count). The maximum Gasteiger partial charge on any atom is 0.337 e. The Balaban J connectivity index is 4.58. The Kier molecular flexibility index (Phi) is 6.52. The second-order valence-corrected chi connectivity index (χ2v) is 5.81. The first-order chi connectivity index (χ1) is 8.59. The van der Waals surface area contributed by atoms with E-state index in [0.717, 1.165) is 0 Å². The Labute approximate surface area is 113 Å². The summed E-state index contributed by atoms with van der Waals surface area (Å²) in [4.78, 5) is 39.5. The van der Waals surface area contributed by atoms with Gasteiger partial charge in [0.15, 0.2) is 0 Å². The summed E-state index contributed by atoms with van der Waals surface area (Å²) in [6, 6.07) is 0. The van der Waals surface area contributed by atoms with E-state index in [-0.39, 0.29) is 5.92 Å². The van der Waals surface area contributed by atoms with E-state index in [1.165, 1.54) is 7.11 Å². The van der Waals surface area contributed by atoms with Crippen molar-refractivity contribution < 1.29 is 24.0 Å². The van der Waals surface area contributed by atoms with Gasteiger partial charge in [-0.1, -0.05) is 13.8 Å². The first kappa shape index (κ1) is 17.4. The third-order valence-corrected chi connectivity index (χ3v) is 2.37. The van der Waals surface area contributed by atoms with Gasteiger partial charge in [-0.3, -0.25) is 9.59 Å². The van der Waals surface area contributed by atoms with Gasteiger partial charge < -0.3 is 9.57 Å². The number of methoxy groups -OCH3 is 1. The predicted octanol–water partition coefficient (Wildman–Crippen LogP) is 1.44. The Morgan fingerprint density at radius 3 is 2.05 bits per heavy atom. The number of carbonyl (C=O) groups is 3. The molecule has 1 N–H and O–H groups in total. The molecule has 0 aliphatic heterocycles. The standard InChI is InChI=1S/C13H23NO5/c1-8(2)7-9(11(16)18-6)10(15)14-19-12(17)13(3,4)5/h8-9H,7H2,1-6H3,(H,14,15). The number of esters is 1. The summed E-state index contributed by atoms with van der Waals surface area (Å²) in [7, 11) is 1.21. The van der Waals surface area contributed by atoms with Crippen molar-refractivity contribution in [1.82, 2.24) is 5.48 Å². The largest absolute Gasteiger partial charge is 0.468 e. The van der Waals surface area contributed by atoms with Gasteiger partial charge in [0.25, 0.3) is 5.91 Å². The highest BCUT2D eigenvalue weighted by Gasteiger charge is 2.31. The van der Waals surface area contributed by atoms with Gasteiger partial charge in [0.1, 0.15) is 5.92 Å². The average Bonchev–Trinajstić information content (AvgIpc) is 2.30. The van der Waals surface area contributed by atoms with Gasteiger partial charge in [-0.25, -0.2) is 4.79 Å². The summed E-state index contributed by atoms with van der Waals surface area (Å²) in [5, 5.41) is 0. The fourth-order valence-electron chi connectivity index (χ4n) is 1.24. The first-order valence-electron chi connectivity index (χ1n) is 6.18. The van der Waals surface area contributed by atoms with E-state index < -0.39 is 29.2 Å². The molecule has 6 heteroatoms. The van der Waals surface area contributed by atoms with Crippen LogP contribution in [0.5, 0.6) is 0 Å². The molecule has 0 aliphatic carbocycles. The molecule has 0 fully saturated rings. The van der Waals surface area contributed by atoms with Crippen LogP contribution in [-0.4, -0.2) is 25.0 Å². The molecular weight excluding hydrogens is 250 g/mol.